The first kappa shape index (κ1) is 15.2. The first-order valence-corrected chi connectivity index (χ1v) is 7.50. The number of rotatable bonds is 5. The van der Waals surface area contributed by atoms with Crippen molar-refractivity contribution in [1.82, 2.24) is 15.1 Å². The molecule has 112 valence electrons. The maximum Gasteiger partial charge on any atom is 0.0829 e. The number of hydrogen-bond donors (Lipinski definition) is 1. The van der Waals surface area contributed by atoms with Gasteiger partial charge in [0.2, 0.25) is 0 Å². The predicted molar refractivity (Wildman–Crippen MR) is 76.6 cm³/mol. The molecule has 2 rings (SSSR count). The second-order valence-electron chi connectivity index (χ2n) is 6.04. The van der Waals surface area contributed by atoms with E-state index in [1.807, 2.05) is 0 Å². The zero-order valence-corrected chi connectivity index (χ0v) is 12.6. The van der Waals surface area contributed by atoms with Crippen LogP contribution in [0.3, 0.4) is 0 Å². The van der Waals surface area contributed by atoms with Gasteiger partial charge in [-0.15, -0.1) is 0 Å². The van der Waals surface area contributed by atoms with Crippen LogP contribution in [0.25, 0.3) is 0 Å². The fraction of sp³-hybridized carbons (Fsp3) is 1.00. The summed E-state index contributed by atoms with van der Waals surface area (Å²) in [6.45, 7) is 12.1. The smallest absolute Gasteiger partial charge is 0.0829 e. The Balaban J connectivity index is 1.81. The van der Waals surface area contributed by atoms with Gasteiger partial charge in [-0.05, 0) is 7.05 Å². The Kier molecular flexibility index (Phi) is 6.04. The third-order valence-corrected chi connectivity index (χ3v) is 3.89. The highest BCUT2D eigenvalue weighted by atomic mass is 16.5. The lowest BCUT2D eigenvalue weighted by Crippen LogP contribution is -2.55. The van der Waals surface area contributed by atoms with Crippen molar-refractivity contribution in [3.63, 3.8) is 0 Å². The van der Waals surface area contributed by atoms with Crippen molar-refractivity contribution < 1.29 is 9.47 Å². The number of nitrogens with one attached hydrogen (secondary N) is 1. The topological polar surface area (TPSA) is 37.0 Å². The molecule has 0 saturated carbocycles. The van der Waals surface area contributed by atoms with Crippen LogP contribution in [0.15, 0.2) is 0 Å². The lowest BCUT2D eigenvalue weighted by Gasteiger charge is -2.40. The van der Waals surface area contributed by atoms with E-state index in [9.17, 15) is 0 Å². The fourth-order valence-electron chi connectivity index (χ4n) is 2.73. The SMILES string of the molecule is CC(C)NCC1COCCN1CC1CN(C)CCO1. The van der Waals surface area contributed by atoms with Crippen LogP contribution < -0.4 is 5.32 Å². The minimum Gasteiger partial charge on any atom is -0.378 e. The van der Waals surface area contributed by atoms with E-state index < -0.39 is 0 Å². The molecule has 2 saturated heterocycles. The molecule has 0 aromatic rings. The monoisotopic (exact) mass is 271 g/mol. The van der Waals surface area contributed by atoms with Gasteiger partial charge < -0.3 is 19.7 Å². The standard InChI is InChI=1S/C14H29N3O2/c1-12(2)15-8-13-11-18-6-5-17(13)10-14-9-16(3)4-7-19-14/h12-15H,4-11H2,1-3H3. The molecule has 0 amide bonds. The summed E-state index contributed by atoms with van der Waals surface area (Å²) in [4.78, 5) is 4.89. The Bertz CT molecular complexity index is 263. The van der Waals surface area contributed by atoms with Gasteiger partial charge in [-0.25, -0.2) is 0 Å². The molecular weight excluding hydrogens is 242 g/mol. The molecule has 1 N–H and O–H groups in total. The van der Waals surface area contributed by atoms with E-state index in [4.69, 9.17) is 9.47 Å². The Labute approximate surface area is 117 Å². The van der Waals surface area contributed by atoms with Crippen molar-refractivity contribution in [2.45, 2.75) is 32.0 Å². The molecule has 0 aromatic carbocycles. The van der Waals surface area contributed by atoms with Gasteiger partial charge in [-0.3, -0.25) is 4.90 Å². The Morgan fingerprint density at radius 2 is 2.11 bits per heavy atom. The molecular formula is C14H29N3O2. The van der Waals surface area contributed by atoms with Gasteiger partial charge in [0.05, 0.1) is 25.9 Å². The van der Waals surface area contributed by atoms with Crippen molar-refractivity contribution in [3.8, 4) is 0 Å². The molecule has 5 heteroatoms. The molecule has 2 atom stereocenters. The minimum atomic E-state index is 0.346. The molecule has 0 radical (unpaired) electrons. The number of nitrogens with zero attached hydrogens (tertiary/aromatic N) is 2. The van der Waals surface area contributed by atoms with Gasteiger partial charge in [0.25, 0.3) is 0 Å². The van der Waals surface area contributed by atoms with E-state index in [1.165, 1.54) is 0 Å². The molecule has 2 fully saturated rings. The Morgan fingerprint density at radius 3 is 2.84 bits per heavy atom. The molecule has 2 aliphatic heterocycles. The molecule has 0 bridgehead atoms. The first-order chi connectivity index (χ1) is 9.15. The summed E-state index contributed by atoms with van der Waals surface area (Å²) in [5.74, 6) is 0. The normalized spacial score (nSPS) is 30.9. The van der Waals surface area contributed by atoms with Gasteiger partial charge in [0.15, 0.2) is 0 Å². The average molecular weight is 271 g/mol. The van der Waals surface area contributed by atoms with Crippen molar-refractivity contribution in [3.05, 3.63) is 0 Å². The lowest BCUT2D eigenvalue weighted by atomic mass is 10.1. The fourth-order valence-corrected chi connectivity index (χ4v) is 2.73. The molecule has 0 spiro atoms. The van der Waals surface area contributed by atoms with Crippen LogP contribution in [0.5, 0.6) is 0 Å². The quantitative estimate of drug-likeness (QED) is 0.763. The highest BCUT2D eigenvalue weighted by molar-refractivity contribution is 4.82. The summed E-state index contributed by atoms with van der Waals surface area (Å²) >= 11 is 0. The maximum atomic E-state index is 5.88. The van der Waals surface area contributed by atoms with E-state index in [1.54, 1.807) is 0 Å². The molecule has 19 heavy (non-hydrogen) atoms. The lowest BCUT2D eigenvalue weighted by molar-refractivity contribution is -0.0683. The summed E-state index contributed by atoms with van der Waals surface area (Å²) in [5, 5.41) is 3.52. The van der Waals surface area contributed by atoms with E-state index in [0.717, 1.165) is 52.5 Å². The molecule has 2 heterocycles. The van der Waals surface area contributed by atoms with Gasteiger partial charge in [0, 0.05) is 44.8 Å². The van der Waals surface area contributed by atoms with Gasteiger partial charge >= 0.3 is 0 Å². The highest BCUT2D eigenvalue weighted by Gasteiger charge is 2.27. The number of likely N-dealkylation sites (N-methyl/N-ethyl adjacent to an activating group) is 1. The summed E-state index contributed by atoms with van der Waals surface area (Å²) in [5.41, 5.74) is 0. The van der Waals surface area contributed by atoms with Crippen molar-refractivity contribution in [2.75, 3.05) is 59.6 Å². The van der Waals surface area contributed by atoms with Crippen LogP contribution in [0, 0.1) is 0 Å². The Hall–Kier alpha value is -0.200. The number of ether oxygens (including phenoxy) is 2. The largest absolute Gasteiger partial charge is 0.378 e. The molecule has 0 aromatic heterocycles. The number of morpholine rings is 2. The van der Waals surface area contributed by atoms with Crippen LogP contribution in [-0.4, -0.2) is 87.6 Å². The predicted octanol–water partition coefficient (Wildman–Crippen LogP) is 0.0158. The van der Waals surface area contributed by atoms with Crippen LogP contribution in [0.4, 0.5) is 0 Å². The number of hydrogen-bond acceptors (Lipinski definition) is 5. The van der Waals surface area contributed by atoms with Crippen LogP contribution in [-0.2, 0) is 9.47 Å². The van der Waals surface area contributed by atoms with E-state index >= 15 is 0 Å². The first-order valence-electron chi connectivity index (χ1n) is 7.50. The van der Waals surface area contributed by atoms with Gasteiger partial charge in [0.1, 0.15) is 0 Å². The zero-order chi connectivity index (χ0) is 13.7. The summed E-state index contributed by atoms with van der Waals surface area (Å²) in [6.07, 6.45) is 0.346. The van der Waals surface area contributed by atoms with Crippen molar-refractivity contribution in [2.24, 2.45) is 0 Å². The minimum absolute atomic E-state index is 0.346. The maximum absolute atomic E-state index is 5.88. The van der Waals surface area contributed by atoms with Gasteiger partial charge in [-0.2, -0.15) is 0 Å². The second kappa shape index (κ2) is 7.55. The second-order valence-corrected chi connectivity index (χ2v) is 6.04. The van der Waals surface area contributed by atoms with Gasteiger partial charge in [-0.1, -0.05) is 13.8 Å². The summed E-state index contributed by atoms with van der Waals surface area (Å²) < 4.78 is 11.5. The third kappa shape index (κ3) is 5.00. The molecule has 2 aliphatic rings. The van der Waals surface area contributed by atoms with E-state index in [-0.39, 0.29) is 0 Å². The van der Waals surface area contributed by atoms with E-state index in [0.29, 0.717) is 18.2 Å². The molecule has 5 nitrogen and oxygen atoms in total. The average Bonchev–Trinajstić information content (AvgIpc) is 2.38. The molecule has 0 aliphatic carbocycles. The van der Waals surface area contributed by atoms with E-state index in [2.05, 4.69) is 36.0 Å². The summed E-state index contributed by atoms with van der Waals surface area (Å²) in [7, 11) is 2.17. The summed E-state index contributed by atoms with van der Waals surface area (Å²) in [6, 6.07) is 1.01. The Morgan fingerprint density at radius 1 is 1.26 bits per heavy atom. The van der Waals surface area contributed by atoms with Crippen LogP contribution in [0.2, 0.25) is 0 Å². The zero-order valence-electron chi connectivity index (χ0n) is 12.6. The van der Waals surface area contributed by atoms with Crippen molar-refractivity contribution in [1.29, 1.82) is 0 Å². The van der Waals surface area contributed by atoms with Crippen LogP contribution >= 0.6 is 0 Å². The highest BCUT2D eigenvalue weighted by Crippen LogP contribution is 2.11. The third-order valence-electron chi connectivity index (χ3n) is 3.89. The molecule has 2 unspecified atom stereocenters. The van der Waals surface area contributed by atoms with Crippen LogP contribution in [0.1, 0.15) is 13.8 Å². The van der Waals surface area contributed by atoms with Crippen molar-refractivity contribution >= 4 is 0 Å².